The van der Waals surface area contributed by atoms with Crippen molar-refractivity contribution in [2.24, 2.45) is 0 Å². The molecule has 0 aliphatic heterocycles. The molecule has 0 spiro atoms. The molecule has 2 rings (SSSR count). The number of hydrogen-bond donors (Lipinski definition) is 2. The molecule has 0 radical (unpaired) electrons. The predicted molar refractivity (Wildman–Crippen MR) is 77.9 cm³/mol. The van der Waals surface area contributed by atoms with E-state index in [4.69, 9.17) is 0 Å². The van der Waals surface area contributed by atoms with Gasteiger partial charge in [-0.15, -0.1) is 10.2 Å². The van der Waals surface area contributed by atoms with Gasteiger partial charge in [-0.3, -0.25) is 4.79 Å². The Kier molecular flexibility index (Phi) is 4.11. The van der Waals surface area contributed by atoms with Crippen molar-refractivity contribution >= 4 is 28.1 Å². The zero-order valence-corrected chi connectivity index (χ0v) is 12.0. The molecule has 0 unspecified atom stereocenters. The van der Waals surface area contributed by atoms with Crippen molar-refractivity contribution in [2.75, 3.05) is 17.2 Å². The molecule has 2 aromatic rings. The number of anilines is 2. The molecule has 1 amide bonds. The Morgan fingerprint density at radius 3 is 2.58 bits per heavy atom. The van der Waals surface area contributed by atoms with E-state index >= 15 is 0 Å². The summed E-state index contributed by atoms with van der Waals surface area (Å²) in [5, 5.41) is 14.7. The van der Waals surface area contributed by atoms with Crippen LogP contribution in [0.2, 0.25) is 0 Å². The number of nitrogens with zero attached hydrogens (tertiary/aromatic N) is 2. The maximum atomic E-state index is 12.1. The average molecular weight is 276 g/mol. The van der Waals surface area contributed by atoms with Crippen molar-refractivity contribution < 1.29 is 4.79 Å². The molecule has 0 bridgehead atoms. The lowest BCUT2D eigenvalue weighted by Gasteiger charge is -2.09. The van der Waals surface area contributed by atoms with Gasteiger partial charge in [0.05, 0.1) is 0 Å². The van der Waals surface area contributed by atoms with Gasteiger partial charge in [0.1, 0.15) is 0 Å². The lowest BCUT2D eigenvalue weighted by molar-refractivity contribution is 0.102. The summed E-state index contributed by atoms with van der Waals surface area (Å²) in [6, 6.07) is 5.90. The van der Waals surface area contributed by atoms with Crippen LogP contribution in [-0.2, 0) is 0 Å². The Morgan fingerprint density at radius 2 is 1.95 bits per heavy atom. The highest BCUT2D eigenvalue weighted by molar-refractivity contribution is 7.17. The van der Waals surface area contributed by atoms with E-state index in [0.29, 0.717) is 10.1 Å². The molecule has 6 heteroatoms. The molecule has 0 aliphatic carbocycles. The number of carbonyl (C=O) groups is 1. The Hall–Kier alpha value is -1.95. The number of benzene rings is 1. The van der Waals surface area contributed by atoms with Crippen LogP contribution in [0.4, 0.5) is 10.8 Å². The van der Waals surface area contributed by atoms with Crippen molar-refractivity contribution in [1.29, 1.82) is 0 Å². The summed E-state index contributed by atoms with van der Waals surface area (Å²) in [5.74, 6) is -0.223. The topological polar surface area (TPSA) is 66.9 Å². The van der Waals surface area contributed by atoms with Crippen LogP contribution in [-0.4, -0.2) is 22.6 Å². The highest BCUT2D eigenvalue weighted by atomic mass is 32.1. The van der Waals surface area contributed by atoms with E-state index < -0.39 is 0 Å². The molecular weight excluding hydrogens is 260 g/mol. The first-order valence-electron chi connectivity index (χ1n) is 6.06. The van der Waals surface area contributed by atoms with Gasteiger partial charge in [0.2, 0.25) is 10.1 Å². The van der Waals surface area contributed by atoms with E-state index in [-0.39, 0.29) is 5.91 Å². The van der Waals surface area contributed by atoms with Gasteiger partial charge in [0.15, 0.2) is 0 Å². The molecular formula is C13H16N4OS. The van der Waals surface area contributed by atoms with Crippen LogP contribution < -0.4 is 10.6 Å². The second-order valence-corrected chi connectivity index (χ2v) is 5.14. The molecule has 0 saturated carbocycles. The normalized spacial score (nSPS) is 10.3. The van der Waals surface area contributed by atoms with Crippen LogP contribution in [0.5, 0.6) is 0 Å². The lowest BCUT2D eigenvalue weighted by atomic mass is 10.1. The number of rotatable bonds is 4. The summed E-state index contributed by atoms with van der Waals surface area (Å²) in [7, 11) is 0. The van der Waals surface area contributed by atoms with E-state index in [1.807, 2.05) is 39.0 Å². The third-order valence-corrected chi connectivity index (χ3v) is 3.55. The molecule has 0 fully saturated rings. The molecule has 5 nitrogen and oxygen atoms in total. The number of amides is 1. The number of aryl methyl sites for hydroxylation is 2. The lowest BCUT2D eigenvalue weighted by Crippen LogP contribution is -2.13. The number of hydrogen-bond acceptors (Lipinski definition) is 5. The summed E-state index contributed by atoms with van der Waals surface area (Å²) >= 11 is 1.25. The summed E-state index contributed by atoms with van der Waals surface area (Å²) in [4.78, 5) is 12.1. The third-order valence-electron chi connectivity index (χ3n) is 2.67. The van der Waals surface area contributed by atoms with Gasteiger partial charge in [-0.25, -0.2) is 0 Å². The molecule has 1 aromatic carbocycles. The standard InChI is InChI=1S/C13H16N4OS/c1-4-14-13-17-16-12(19-13)11(18)15-10-8(2)6-5-7-9(10)3/h5-7H,4H2,1-3H3,(H,14,17)(H,15,18). The monoisotopic (exact) mass is 276 g/mol. The Labute approximate surface area is 116 Å². The van der Waals surface area contributed by atoms with Crippen LogP contribution in [0.1, 0.15) is 27.9 Å². The molecule has 0 aliphatic rings. The first kappa shape index (κ1) is 13.5. The van der Waals surface area contributed by atoms with E-state index in [0.717, 1.165) is 23.4 Å². The molecule has 19 heavy (non-hydrogen) atoms. The number of carbonyl (C=O) groups excluding carboxylic acids is 1. The quantitative estimate of drug-likeness (QED) is 0.901. The van der Waals surface area contributed by atoms with Gasteiger partial charge in [-0.05, 0) is 31.9 Å². The van der Waals surface area contributed by atoms with Crippen molar-refractivity contribution in [2.45, 2.75) is 20.8 Å². The predicted octanol–water partition coefficient (Wildman–Crippen LogP) is 2.84. The summed E-state index contributed by atoms with van der Waals surface area (Å²) in [6.45, 7) is 6.66. The van der Waals surface area contributed by atoms with Crippen LogP contribution in [0, 0.1) is 13.8 Å². The first-order valence-corrected chi connectivity index (χ1v) is 6.88. The van der Waals surface area contributed by atoms with Gasteiger partial charge >= 0.3 is 0 Å². The maximum absolute atomic E-state index is 12.1. The van der Waals surface area contributed by atoms with E-state index in [9.17, 15) is 4.79 Å². The van der Waals surface area contributed by atoms with E-state index in [2.05, 4.69) is 20.8 Å². The zero-order valence-electron chi connectivity index (χ0n) is 11.2. The summed E-state index contributed by atoms with van der Waals surface area (Å²) < 4.78 is 0. The van der Waals surface area contributed by atoms with Crippen molar-refractivity contribution in [3.8, 4) is 0 Å². The highest BCUT2D eigenvalue weighted by Crippen LogP contribution is 2.22. The molecule has 1 aromatic heterocycles. The summed E-state index contributed by atoms with van der Waals surface area (Å²) in [6.07, 6.45) is 0. The molecule has 0 atom stereocenters. The van der Waals surface area contributed by atoms with Crippen molar-refractivity contribution in [3.63, 3.8) is 0 Å². The van der Waals surface area contributed by atoms with Crippen molar-refractivity contribution in [1.82, 2.24) is 10.2 Å². The van der Waals surface area contributed by atoms with E-state index in [1.54, 1.807) is 0 Å². The fraction of sp³-hybridized carbons (Fsp3) is 0.308. The van der Waals surface area contributed by atoms with Crippen LogP contribution in [0.25, 0.3) is 0 Å². The van der Waals surface area contributed by atoms with Gasteiger partial charge in [-0.1, -0.05) is 29.5 Å². The zero-order chi connectivity index (χ0) is 13.8. The fourth-order valence-electron chi connectivity index (χ4n) is 1.72. The second-order valence-electron chi connectivity index (χ2n) is 4.16. The molecule has 0 saturated heterocycles. The smallest absolute Gasteiger partial charge is 0.286 e. The molecule has 1 heterocycles. The summed E-state index contributed by atoms with van der Waals surface area (Å²) in [5.41, 5.74) is 2.90. The van der Waals surface area contributed by atoms with Crippen LogP contribution >= 0.6 is 11.3 Å². The molecule has 2 N–H and O–H groups in total. The molecule has 100 valence electrons. The third kappa shape index (κ3) is 3.08. The maximum Gasteiger partial charge on any atom is 0.286 e. The Morgan fingerprint density at radius 1 is 1.26 bits per heavy atom. The van der Waals surface area contributed by atoms with Gasteiger partial charge < -0.3 is 10.6 Å². The van der Waals surface area contributed by atoms with Crippen LogP contribution in [0.3, 0.4) is 0 Å². The minimum Gasteiger partial charge on any atom is -0.360 e. The number of aromatic nitrogens is 2. The average Bonchev–Trinajstić information content (AvgIpc) is 2.83. The number of nitrogens with one attached hydrogen (secondary N) is 2. The van der Waals surface area contributed by atoms with Crippen LogP contribution in [0.15, 0.2) is 18.2 Å². The minimum absolute atomic E-state index is 0.223. The minimum atomic E-state index is -0.223. The largest absolute Gasteiger partial charge is 0.360 e. The van der Waals surface area contributed by atoms with E-state index in [1.165, 1.54) is 11.3 Å². The SMILES string of the molecule is CCNc1nnc(C(=O)Nc2c(C)cccc2C)s1. The second kappa shape index (κ2) is 5.79. The Balaban J connectivity index is 2.16. The van der Waals surface area contributed by atoms with Gasteiger partial charge in [0.25, 0.3) is 5.91 Å². The Bertz CT molecular complexity index is 574. The first-order chi connectivity index (χ1) is 9.11. The van der Waals surface area contributed by atoms with Crippen molar-refractivity contribution in [3.05, 3.63) is 34.3 Å². The van der Waals surface area contributed by atoms with Gasteiger partial charge in [0, 0.05) is 12.2 Å². The van der Waals surface area contributed by atoms with Gasteiger partial charge in [-0.2, -0.15) is 0 Å². The number of para-hydroxylation sites is 1. The fourth-order valence-corrected chi connectivity index (χ4v) is 2.42. The highest BCUT2D eigenvalue weighted by Gasteiger charge is 2.14.